The van der Waals surface area contributed by atoms with E-state index in [2.05, 4.69) is 20.7 Å². The van der Waals surface area contributed by atoms with Gasteiger partial charge >= 0.3 is 0 Å². The topological polar surface area (TPSA) is 88.9 Å². The van der Waals surface area contributed by atoms with Gasteiger partial charge in [-0.25, -0.2) is 14.1 Å². The highest BCUT2D eigenvalue weighted by Crippen LogP contribution is 2.22. The molecule has 30 heavy (non-hydrogen) atoms. The summed E-state index contributed by atoms with van der Waals surface area (Å²) in [7, 11) is 0. The van der Waals surface area contributed by atoms with E-state index in [1.807, 2.05) is 32.0 Å². The van der Waals surface area contributed by atoms with Crippen LogP contribution in [0, 0.1) is 5.82 Å². The fourth-order valence-electron chi connectivity index (χ4n) is 3.07. The van der Waals surface area contributed by atoms with E-state index in [1.165, 1.54) is 18.3 Å². The van der Waals surface area contributed by atoms with Crippen molar-refractivity contribution in [2.24, 2.45) is 0 Å². The zero-order valence-electron chi connectivity index (χ0n) is 16.9. The van der Waals surface area contributed by atoms with Crippen LogP contribution in [0.4, 0.5) is 4.39 Å². The van der Waals surface area contributed by atoms with Crippen LogP contribution in [0.3, 0.4) is 0 Å². The standard InChI is InChI=1S/C22H24FN5O2/c1-15(2)21-18(14-27-28(21)19-5-3-4-10-24-19)22(30)26-12-11-25-20(29)13-16-6-8-17(23)9-7-16/h3-10,14-15H,11-13H2,1-2H3,(H,25,29)(H,26,30). The maximum atomic E-state index is 12.9. The first kappa shape index (κ1) is 21.2. The van der Waals surface area contributed by atoms with Crippen molar-refractivity contribution < 1.29 is 14.0 Å². The lowest BCUT2D eigenvalue weighted by molar-refractivity contribution is -0.120. The largest absolute Gasteiger partial charge is 0.354 e. The average molecular weight is 409 g/mol. The molecule has 2 heterocycles. The molecule has 2 aromatic heterocycles. The zero-order valence-corrected chi connectivity index (χ0v) is 16.9. The molecule has 0 atom stereocenters. The van der Waals surface area contributed by atoms with Crippen LogP contribution in [-0.2, 0) is 11.2 Å². The summed E-state index contributed by atoms with van der Waals surface area (Å²) >= 11 is 0. The molecule has 0 aliphatic carbocycles. The van der Waals surface area contributed by atoms with Crippen molar-refractivity contribution in [2.75, 3.05) is 13.1 Å². The molecule has 2 N–H and O–H groups in total. The molecule has 7 nitrogen and oxygen atoms in total. The summed E-state index contributed by atoms with van der Waals surface area (Å²) in [5.41, 5.74) is 1.97. The number of benzene rings is 1. The highest BCUT2D eigenvalue weighted by Gasteiger charge is 2.21. The third kappa shape index (κ3) is 5.28. The first-order chi connectivity index (χ1) is 14.5. The fraction of sp³-hybridized carbons (Fsp3) is 0.273. The molecule has 0 aliphatic rings. The predicted molar refractivity (Wildman–Crippen MR) is 111 cm³/mol. The van der Waals surface area contributed by atoms with Crippen molar-refractivity contribution in [1.82, 2.24) is 25.4 Å². The summed E-state index contributed by atoms with van der Waals surface area (Å²) in [4.78, 5) is 28.9. The maximum Gasteiger partial charge on any atom is 0.254 e. The smallest absolute Gasteiger partial charge is 0.254 e. The van der Waals surface area contributed by atoms with Gasteiger partial charge in [-0.3, -0.25) is 9.59 Å². The molecule has 0 saturated carbocycles. The summed E-state index contributed by atoms with van der Waals surface area (Å²) in [6.07, 6.45) is 3.37. The molecule has 1 aromatic carbocycles. The first-order valence-corrected chi connectivity index (χ1v) is 9.74. The van der Waals surface area contributed by atoms with Crippen molar-refractivity contribution in [3.63, 3.8) is 0 Å². The second kappa shape index (κ2) is 9.78. The van der Waals surface area contributed by atoms with E-state index in [-0.39, 0.29) is 43.1 Å². The summed E-state index contributed by atoms with van der Waals surface area (Å²) < 4.78 is 14.6. The number of amides is 2. The molecule has 2 amide bonds. The molecular weight excluding hydrogens is 385 g/mol. The minimum atomic E-state index is -0.339. The van der Waals surface area contributed by atoms with E-state index in [4.69, 9.17) is 0 Å². The zero-order chi connectivity index (χ0) is 21.5. The summed E-state index contributed by atoms with van der Waals surface area (Å²) in [6.45, 7) is 4.54. The van der Waals surface area contributed by atoms with Crippen molar-refractivity contribution in [3.05, 3.63) is 77.5 Å². The third-order valence-corrected chi connectivity index (χ3v) is 4.47. The molecule has 3 rings (SSSR count). The molecular formula is C22H24FN5O2. The first-order valence-electron chi connectivity index (χ1n) is 9.74. The van der Waals surface area contributed by atoms with E-state index in [0.29, 0.717) is 11.4 Å². The van der Waals surface area contributed by atoms with Crippen LogP contribution in [0.25, 0.3) is 5.82 Å². The number of pyridine rings is 1. The van der Waals surface area contributed by atoms with Gasteiger partial charge < -0.3 is 10.6 Å². The number of nitrogens with zero attached hydrogens (tertiary/aromatic N) is 3. The molecule has 0 saturated heterocycles. The number of aromatic nitrogens is 3. The Morgan fingerprint density at radius 1 is 1.07 bits per heavy atom. The van der Waals surface area contributed by atoms with Gasteiger partial charge in [-0.05, 0) is 35.7 Å². The Balaban J connectivity index is 1.54. The van der Waals surface area contributed by atoms with Crippen molar-refractivity contribution in [1.29, 1.82) is 0 Å². The van der Waals surface area contributed by atoms with Crippen LogP contribution in [0.15, 0.2) is 54.9 Å². The monoisotopic (exact) mass is 409 g/mol. The van der Waals surface area contributed by atoms with E-state index < -0.39 is 0 Å². The van der Waals surface area contributed by atoms with Crippen LogP contribution in [-0.4, -0.2) is 39.7 Å². The lowest BCUT2D eigenvalue weighted by Crippen LogP contribution is -2.35. The number of halogens is 1. The second-order valence-corrected chi connectivity index (χ2v) is 7.11. The van der Waals surface area contributed by atoms with Crippen LogP contribution >= 0.6 is 0 Å². The Morgan fingerprint density at radius 2 is 1.80 bits per heavy atom. The number of hydrogen-bond acceptors (Lipinski definition) is 4. The molecule has 0 spiro atoms. The second-order valence-electron chi connectivity index (χ2n) is 7.11. The molecule has 156 valence electrons. The normalized spacial score (nSPS) is 10.8. The van der Waals surface area contributed by atoms with Crippen LogP contribution in [0.2, 0.25) is 0 Å². The van der Waals surface area contributed by atoms with E-state index in [1.54, 1.807) is 23.0 Å². The van der Waals surface area contributed by atoms with Gasteiger partial charge in [0.05, 0.1) is 23.9 Å². The Hall–Kier alpha value is -3.55. The average Bonchev–Trinajstić information content (AvgIpc) is 3.19. The molecule has 0 unspecified atom stereocenters. The third-order valence-electron chi connectivity index (χ3n) is 4.47. The van der Waals surface area contributed by atoms with E-state index in [9.17, 15) is 14.0 Å². The fourth-order valence-corrected chi connectivity index (χ4v) is 3.07. The SMILES string of the molecule is CC(C)c1c(C(=O)NCCNC(=O)Cc2ccc(F)cc2)cnn1-c1ccccn1. The molecule has 8 heteroatoms. The number of hydrogen-bond donors (Lipinski definition) is 2. The summed E-state index contributed by atoms with van der Waals surface area (Å²) in [5, 5.41) is 9.89. The Bertz CT molecular complexity index is 1000. The summed E-state index contributed by atoms with van der Waals surface area (Å²) in [6, 6.07) is 11.3. The number of rotatable bonds is 8. The molecule has 0 radical (unpaired) electrons. The minimum Gasteiger partial charge on any atom is -0.354 e. The van der Waals surface area contributed by atoms with Crippen LogP contribution in [0.1, 0.15) is 41.4 Å². The van der Waals surface area contributed by atoms with Gasteiger partial charge in [0.15, 0.2) is 5.82 Å². The number of carbonyl (C=O) groups excluding carboxylic acids is 2. The lowest BCUT2D eigenvalue weighted by atomic mass is 10.1. The maximum absolute atomic E-state index is 12.9. The minimum absolute atomic E-state index is 0.0608. The Kier molecular flexibility index (Phi) is 6.90. The van der Waals surface area contributed by atoms with Gasteiger partial charge in [-0.15, -0.1) is 0 Å². The van der Waals surface area contributed by atoms with Crippen LogP contribution in [0.5, 0.6) is 0 Å². The van der Waals surface area contributed by atoms with Gasteiger partial charge in [-0.1, -0.05) is 32.0 Å². The van der Waals surface area contributed by atoms with Gasteiger partial charge in [0.25, 0.3) is 5.91 Å². The van der Waals surface area contributed by atoms with Crippen molar-refractivity contribution >= 4 is 11.8 Å². The van der Waals surface area contributed by atoms with Crippen LogP contribution < -0.4 is 10.6 Å². The van der Waals surface area contributed by atoms with Gasteiger partial charge in [0.1, 0.15) is 5.82 Å². The van der Waals surface area contributed by atoms with Gasteiger partial charge in [0.2, 0.25) is 5.91 Å². The predicted octanol–water partition coefficient (Wildman–Crippen LogP) is 2.62. The Morgan fingerprint density at radius 3 is 2.47 bits per heavy atom. The number of nitrogens with one attached hydrogen (secondary N) is 2. The van der Waals surface area contributed by atoms with Crippen molar-refractivity contribution in [3.8, 4) is 5.82 Å². The van der Waals surface area contributed by atoms with Gasteiger partial charge in [-0.2, -0.15) is 5.10 Å². The molecule has 0 aliphatic heterocycles. The van der Waals surface area contributed by atoms with E-state index >= 15 is 0 Å². The van der Waals surface area contributed by atoms with Crippen molar-refractivity contribution in [2.45, 2.75) is 26.2 Å². The van der Waals surface area contributed by atoms with Gasteiger partial charge in [0, 0.05) is 19.3 Å². The quantitative estimate of drug-likeness (QED) is 0.560. The summed E-state index contributed by atoms with van der Waals surface area (Å²) in [5.74, 6) is -0.0802. The highest BCUT2D eigenvalue weighted by atomic mass is 19.1. The van der Waals surface area contributed by atoms with E-state index in [0.717, 1.165) is 11.3 Å². The number of carbonyl (C=O) groups is 2. The molecule has 0 fully saturated rings. The Labute approximate surface area is 174 Å². The highest BCUT2D eigenvalue weighted by molar-refractivity contribution is 5.95. The molecule has 0 bridgehead atoms. The lowest BCUT2D eigenvalue weighted by Gasteiger charge is -2.12. The molecule has 3 aromatic rings.